The van der Waals surface area contributed by atoms with Crippen LogP contribution in [0.4, 0.5) is 4.39 Å². The summed E-state index contributed by atoms with van der Waals surface area (Å²) in [5.74, 6) is -0.663. The van der Waals surface area contributed by atoms with E-state index in [4.69, 9.17) is 4.74 Å². The van der Waals surface area contributed by atoms with Crippen molar-refractivity contribution in [2.45, 2.75) is 37.6 Å². The SMILES string of the molecule is O=C(NCc1ccc(F)cc1)[C@@H]1OCC(=O)N(C2CC2)[C@H]1c1ccccc1. The molecule has 1 heterocycles. The fraction of sp³-hybridized carbons (Fsp3) is 0.333. The van der Waals surface area contributed by atoms with E-state index in [1.54, 1.807) is 12.1 Å². The minimum absolute atomic E-state index is 0.0751. The second-order valence-corrected chi connectivity index (χ2v) is 6.96. The first-order valence-electron chi connectivity index (χ1n) is 9.13. The minimum Gasteiger partial charge on any atom is -0.356 e. The Morgan fingerprint density at radius 1 is 1.11 bits per heavy atom. The molecule has 140 valence electrons. The number of carbonyl (C=O) groups is 2. The fourth-order valence-electron chi connectivity index (χ4n) is 3.51. The molecule has 6 heteroatoms. The molecule has 0 aromatic heterocycles. The third-order valence-electron chi connectivity index (χ3n) is 4.98. The summed E-state index contributed by atoms with van der Waals surface area (Å²) in [6.07, 6.45) is 1.14. The van der Waals surface area contributed by atoms with Gasteiger partial charge in [-0.1, -0.05) is 42.5 Å². The number of morpholine rings is 1. The van der Waals surface area contributed by atoms with Crippen LogP contribution in [0, 0.1) is 5.82 Å². The molecule has 2 amide bonds. The summed E-state index contributed by atoms with van der Waals surface area (Å²) in [5.41, 5.74) is 1.69. The van der Waals surface area contributed by atoms with Gasteiger partial charge >= 0.3 is 0 Å². The van der Waals surface area contributed by atoms with Gasteiger partial charge in [0.1, 0.15) is 12.4 Å². The molecule has 0 radical (unpaired) electrons. The van der Waals surface area contributed by atoms with Crippen LogP contribution in [0.5, 0.6) is 0 Å². The number of hydrogen-bond donors (Lipinski definition) is 1. The van der Waals surface area contributed by atoms with Crippen LogP contribution < -0.4 is 5.32 Å². The number of ether oxygens (including phenoxy) is 1. The lowest BCUT2D eigenvalue weighted by Crippen LogP contribution is -2.55. The number of nitrogens with one attached hydrogen (secondary N) is 1. The van der Waals surface area contributed by atoms with E-state index in [0.717, 1.165) is 24.0 Å². The lowest BCUT2D eigenvalue weighted by atomic mass is 9.96. The van der Waals surface area contributed by atoms with Crippen molar-refractivity contribution in [1.29, 1.82) is 0 Å². The molecule has 2 aromatic carbocycles. The molecule has 2 aromatic rings. The van der Waals surface area contributed by atoms with Crippen molar-refractivity contribution in [2.24, 2.45) is 0 Å². The van der Waals surface area contributed by atoms with Crippen LogP contribution in [-0.2, 0) is 20.9 Å². The molecule has 1 aliphatic carbocycles. The Morgan fingerprint density at radius 3 is 2.48 bits per heavy atom. The number of halogens is 1. The summed E-state index contributed by atoms with van der Waals surface area (Å²) in [6, 6.07) is 15.3. The maximum atomic E-state index is 13.0. The Hall–Kier alpha value is -2.73. The van der Waals surface area contributed by atoms with Gasteiger partial charge in [-0.15, -0.1) is 0 Å². The van der Waals surface area contributed by atoms with E-state index < -0.39 is 12.1 Å². The number of carbonyl (C=O) groups excluding carboxylic acids is 2. The first kappa shape index (κ1) is 17.7. The first-order chi connectivity index (χ1) is 13.1. The van der Waals surface area contributed by atoms with Gasteiger partial charge in [-0.2, -0.15) is 0 Å². The van der Waals surface area contributed by atoms with Gasteiger partial charge in [-0.05, 0) is 36.1 Å². The topological polar surface area (TPSA) is 58.6 Å². The van der Waals surface area contributed by atoms with Crippen LogP contribution in [-0.4, -0.2) is 35.5 Å². The van der Waals surface area contributed by atoms with Gasteiger partial charge in [0.25, 0.3) is 5.91 Å². The summed E-state index contributed by atoms with van der Waals surface area (Å²) in [7, 11) is 0. The molecule has 2 aliphatic rings. The molecule has 27 heavy (non-hydrogen) atoms. The van der Waals surface area contributed by atoms with Crippen LogP contribution >= 0.6 is 0 Å². The van der Waals surface area contributed by atoms with Crippen LogP contribution in [0.2, 0.25) is 0 Å². The van der Waals surface area contributed by atoms with E-state index in [1.165, 1.54) is 12.1 Å². The molecule has 0 bridgehead atoms. The van der Waals surface area contributed by atoms with Crippen molar-refractivity contribution in [3.63, 3.8) is 0 Å². The second kappa shape index (κ2) is 7.48. The summed E-state index contributed by atoms with van der Waals surface area (Å²) < 4.78 is 18.7. The Kier molecular flexibility index (Phi) is 4.90. The maximum Gasteiger partial charge on any atom is 0.251 e. The van der Waals surface area contributed by atoms with Gasteiger partial charge in [0.2, 0.25) is 5.91 Å². The highest BCUT2D eigenvalue weighted by Gasteiger charge is 2.47. The largest absolute Gasteiger partial charge is 0.356 e. The molecule has 5 nitrogen and oxygen atoms in total. The predicted molar refractivity (Wildman–Crippen MR) is 97.0 cm³/mol. The van der Waals surface area contributed by atoms with E-state index in [1.807, 2.05) is 35.2 Å². The maximum absolute atomic E-state index is 13.0. The normalized spacial score (nSPS) is 22.6. The van der Waals surface area contributed by atoms with Gasteiger partial charge in [-0.25, -0.2) is 4.39 Å². The van der Waals surface area contributed by atoms with Crippen molar-refractivity contribution >= 4 is 11.8 Å². The number of hydrogen-bond acceptors (Lipinski definition) is 3. The standard InChI is InChI=1S/C21H21FN2O3/c22-16-8-6-14(7-9-16)12-23-21(26)20-19(15-4-2-1-3-5-15)24(17-10-11-17)18(25)13-27-20/h1-9,17,19-20H,10-13H2,(H,23,26)/t19-,20+/m0/s1. The molecule has 1 aliphatic heterocycles. The van der Waals surface area contributed by atoms with Crippen LogP contribution in [0.1, 0.15) is 30.0 Å². The lowest BCUT2D eigenvalue weighted by Gasteiger charge is -2.40. The summed E-state index contributed by atoms with van der Waals surface area (Å²) in [5, 5.41) is 2.86. The van der Waals surface area contributed by atoms with E-state index in [0.29, 0.717) is 0 Å². The van der Waals surface area contributed by atoms with Crippen LogP contribution in [0.3, 0.4) is 0 Å². The van der Waals surface area contributed by atoms with Gasteiger partial charge in [0, 0.05) is 12.6 Å². The third kappa shape index (κ3) is 3.85. The smallest absolute Gasteiger partial charge is 0.251 e. The molecule has 2 atom stereocenters. The van der Waals surface area contributed by atoms with Crippen molar-refractivity contribution < 1.29 is 18.7 Å². The molecule has 4 rings (SSSR count). The van der Waals surface area contributed by atoms with E-state index in [9.17, 15) is 14.0 Å². The molecule has 1 N–H and O–H groups in total. The minimum atomic E-state index is -0.772. The monoisotopic (exact) mass is 368 g/mol. The summed E-state index contributed by atoms with van der Waals surface area (Å²) in [4.78, 5) is 27.2. The van der Waals surface area contributed by atoms with Crippen molar-refractivity contribution in [1.82, 2.24) is 10.2 Å². The highest BCUT2D eigenvalue weighted by atomic mass is 19.1. The third-order valence-corrected chi connectivity index (χ3v) is 4.98. The average Bonchev–Trinajstić information content (AvgIpc) is 3.52. The van der Waals surface area contributed by atoms with Gasteiger partial charge in [0.05, 0.1) is 6.04 Å². The molecular formula is C21H21FN2O3. The first-order valence-corrected chi connectivity index (χ1v) is 9.13. The van der Waals surface area contributed by atoms with Gasteiger partial charge < -0.3 is 15.0 Å². The van der Waals surface area contributed by atoms with Crippen molar-refractivity contribution in [3.8, 4) is 0 Å². The highest BCUT2D eigenvalue weighted by molar-refractivity contribution is 5.86. The van der Waals surface area contributed by atoms with Crippen molar-refractivity contribution in [2.75, 3.05) is 6.61 Å². The Labute approximate surface area is 157 Å². The highest BCUT2D eigenvalue weighted by Crippen LogP contribution is 2.39. The number of benzene rings is 2. The number of rotatable bonds is 5. The zero-order valence-electron chi connectivity index (χ0n) is 14.8. The molecule has 1 saturated heterocycles. The number of amides is 2. The Balaban J connectivity index is 1.54. The molecule has 1 saturated carbocycles. The Bertz CT molecular complexity index is 821. The fourth-order valence-corrected chi connectivity index (χ4v) is 3.51. The zero-order chi connectivity index (χ0) is 18.8. The van der Waals surface area contributed by atoms with Crippen molar-refractivity contribution in [3.05, 3.63) is 71.5 Å². The van der Waals surface area contributed by atoms with Gasteiger partial charge in [0.15, 0.2) is 6.10 Å². The summed E-state index contributed by atoms with van der Waals surface area (Å²) in [6.45, 7) is 0.187. The van der Waals surface area contributed by atoms with Crippen LogP contribution in [0.25, 0.3) is 0 Å². The Morgan fingerprint density at radius 2 is 1.81 bits per heavy atom. The zero-order valence-corrected chi connectivity index (χ0v) is 14.8. The van der Waals surface area contributed by atoms with Crippen LogP contribution in [0.15, 0.2) is 54.6 Å². The number of nitrogens with zero attached hydrogens (tertiary/aromatic N) is 1. The van der Waals surface area contributed by atoms with E-state index >= 15 is 0 Å². The van der Waals surface area contributed by atoms with E-state index in [-0.39, 0.29) is 36.8 Å². The molecule has 0 spiro atoms. The molecule has 2 fully saturated rings. The molecule has 0 unspecified atom stereocenters. The molecular weight excluding hydrogens is 347 g/mol. The lowest BCUT2D eigenvalue weighted by molar-refractivity contribution is -0.165. The average molecular weight is 368 g/mol. The predicted octanol–water partition coefficient (Wildman–Crippen LogP) is 2.57. The van der Waals surface area contributed by atoms with Gasteiger partial charge in [-0.3, -0.25) is 9.59 Å². The van der Waals surface area contributed by atoms with E-state index in [2.05, 4.69) is 5.32 Å². The second-order valence-electron chi connectivity index (χ2n) is 6.96. The summed E-state index contributed by atoms with van der Waals surface area (Å²) >= 11 is 0. The quantitative estimate of drug-likeness (QED) is 0.883.